The van der Waals surface area contributed by atoms with E-state index in [1.165, 1.54) is 0 Å². The maximum atomic E-state index is 11.8. The molecule has 0 atom stereocenters. The molecule has 0 aliphatic heterocycles. The first-order valence-electron chi connectivity index (χ1n) is 8.27. The molecular weight excluding hydrogens is 300 g/mol. The fourth-order valence-corrected chi connectivity index (χ4v) is 2.58. The Morgan fingerprint density at radius 1 is 1.17 bits per heavy atom. The number of unbranched alkanes of at least 4 members (excludes halogenated alkanes) is 1. The highest BCUT2D eigenvalue weighted by Gasteiger charge is 2.14. The highest BCUT2D eigenvalue weighted by Crippen LogP contribution is 2.27. The molecule has 0 saturated heterocycles. The van der Waals surface area contributed by atoms with E-state index in [1.807, 2.05) is 56.3 Å². The molecule has 126 valence electrons. The molecule has 0 spiro atoms. The predicted molar refractivity (Wildman–Crippen MR) is 98.3 cm³/mol. The van der Waals surface area contributed by atoms with Gasteiger partial charge in [0, 0.05) is 5.56 Å². The number of hydrogen-bond donors (Lipinski definition) is 1. The summed E-state index contributed by atoms with van der Waals surface area (Å²) in [6.45, 7) is 6.67. The summed E-state index contributed by atoms with van der Waals surface area (Å²) in [6.07, 6.45) is 3.73. The maximum Gasteiger partial charge on any atom is 0.336 e. The molecule has 1 N–H and O–H groups in total. The molecule has 0 saturated carbocycles. The molecule has 2 rings (SSSR count). The van der Waals surface area contributed by atoms with Crippen LogP contribution < -0.4 is 4.74 Å². The second-order valence-electron chi connectivity index (χ2n) is 5.92. The summed E-state index contributed by atoms with van der Waals surface area (Å²) in [5.41, 5.74) is 3.86. The fourth-order valence-electron chi connectivity index (χ4n) is 2.58. The monoisotopic (exact) mass is 324 g/mol. The number of para-hydroxylation sites is 1. The first-order chi connectivity index (χ1) is 11.5. The number of rotatable bonds is 7. The summed E-state index contributed by atoms with van der Waals surface area (Å²) < 4.78 is 5.81. The van der Waals surface area contributed by atoms with Gasteiger partial charge in [-0.15, -0.1) is 0 Å². The van der Waals surface area contributed by atoms with Crippen LogP contribution in [0.3, 0.4) is 0 Å². The zero-order valence-corrected chi connectivity index (χ0v) is 14.5. The first kappa shape index (κ1) is 17.8. The van der Waals surface area contributed by atoms with E-state index >= 15 is 0 Å². The van der Waals surface area contributed by atoms with Crippen molar-refractivity contribution < 1.29 is 14.6 Å². The fraction of sp³-hybridized carbons (Fsp3) is 0.286. The van der Waals surface area contributed by atoms with Gasteiger partial charge >= 0.3 is 5.97 Å². The van der Waals surface area contributed by atoms with Crippen LogP contribution in [0.1, 0.15) is 42.0 Å². The molecular formula is C21H24O3. The van der Waals surface area contributed by atoms with Crippen molar-refractivity contribution in [1.82, 2.24) is 0 Å². The Hall–Kier alpha value is -2.55. The summed E-state index contributed by atoms with van der Waals surface area (Å²) in [7, 11) is 0. The number of hydrogen-bond acceptors (Lipinski definition) is 2. The maximum absolute atomic E-state index is 11.8. The second kappa shape index (κ2) is 8.34. The zero-order chi connectivity index (χ0) is 17.5. The lowest BCUT2D eigenvalue weighted by Gasteiger charge is -2.11. The molecule has 3 nitrogen and oxygen atoms in total. The van der Waals surface area contributed by atoms with Crippen molar-refractivity contribution in [2.75, 3.05) is 6.61 Å². The minimum atomic E-state index is -0.940. The van der Waals surface area contributed by atoms with Crippen LogP contribution in [0.15, 0.2) is 42.5 Å². The Morgan fingerprint density at radius 3 is 2.58 bits per heavy atom. The number of aliphatic carboxylic acids is 1. The van der Waals surface area contributed by atoms with E-state index < -0.39 is 5.97 Å². The van der Waals surface area contributed by atoms with Gasteiger partial charge in [0.2, 0.25) is 0 Å². The Bertz CT molecular complexity index is 744. The van der Waals surface area contributed by atoms with Gasteiger partial charge in [-0.3, -0.25) is 0 Å². The van der Waals surface area contributed by atoms with Gasteiger partial charge in [-0.2, -0.15) is 0 Å². The van der Waals surface area contributed by atoms with E-state index in [4.69, 9.17) is 4.74 Å². The minimum Gasteiger partial charge on any atom is -0.493 e. The molecule has 0 amide bonds. The van der Waals surface area contributed by atoms with Crippen LogP contribution in [0.4, 0.5) is 0 Å². The molecule has 0 aliphatic rings. The van der Waals surface area contributed by atoms with Crippen molar-refractivity contribution in [3.05, 3.63) is 64.7 Å². The van der Waals surface area contributed by atoms with E-state index in [0.717, 1.165) is 40.8 Å². The van der Waals surface area contributed by atoms with Crippen LogP contribution in [-0.4, -0.2) is 17.7 Å². The largest absolute Gasteiger partial charge is 0.493 e. The predicted octanol–water partition coefficient (Wildman–Crippen LogP) is 5.11. The Kier molecular flexibility index (Phi) is 6.19. The number of carboxylic acid groups (broad SMARTS) is 1. The van der Waals surface area contributed by atoms with E-state index in [-0.39, 0.29) is 5.57 Å². The highest BCUT2D eigenvalue weighted by molar-refractivity contribution is 6.21. The van der Waals surface area contributed by atoms with Gasteiger partial charge in [0.25, 0.3) is 0 Å². The quantitative estimate of drug-likeness (QED) is 0.437. The number of ether oxygens (including phenoxy) is 1. The van der Waals surface area contributed by atoms with Crippen molar-refractivity contribution >= 4 is 17.6 Å². The average molecular weight is 324 g/mol. The molecule has 0 heterocycles. The van der Waals surface area contributed by atoms with Crippen LogP contribution in [0, 0.1) is 13.8 Å². The van der Waals surface area contributed by atoms with Crippen LogP contribution in [0.2, 0.25) is 0 Å². The molecule has 0 fully saturated rings. The minimum absolute atomic E-state index is 0.277. The number of benzene rings is 2. The van der Waals surface area contributed by atoms with E-state index in [9.17, 15) is 9.90 Å². The van der Waals surface area contributed by atoms with Gasteiger partial charge in [-0.1, -0.05) is 55.3 Å². The van der Waals surface area contributed by atoms with E-state index in [1.54, 1.807) is 6.08 Å². The van der Waals surface area contributed by atoms with Crippen molar-refractivity contribution in [3.63, 3.8) is 0 Å². The van der Waals surface area contributed by atoms with Crippen LogP contribution in [0.25, 0.3) is 11.6 Å². The van der Waals surface area contributed by atoms with Gasteiger partial charge in [0.1, 0.15) is 5.75 Å². The van der Waals surface area contributed by atoms with Crippen molar-refractivity contribution in [2.24, 2.45) is 0 Å². The van der Waals surface area contributed by atoms with Crippen LogP contribution in [0.5, 0.6) is 5.75 Å². The molecule has 0 radical (unpaired) electrons. The number of aryl methyl sites for hydroxylation is 2. The summed E-state index contributed by atoms with van der Waals surface area (Å²) in [5.74, 6) is -0.222. The lowest BCUT2D eigenvalue weighted by molar-refractivity contribution is -0.130. The molecule has 3 heteroatoms. The zero-order valence-electron chi connectivity index (χ0n) is 14.5. The van der Waals surface area contributed by atoms with E-state index in [0.29, 0.717) is 6.61 Å². The van der Waals surface area contributed by atoms with Gasteiger partial charge in [-0.05, 0) is 43.5 Å². The van der Waals surface area contributed by atoms with Gasteiger partial charge in [-0.25, -0.2) is 4.79 Å². The Balaban J connectivity index is 2.43. The smallest absolute Gasteiger partial charge is 0.336 e. The topological polar surface area (TPSA) is 46.5 Å². The van der Waals surface area contributed by atoms with Gasteiger partial charge in [0.15, 0.2) is 0 Å². The third-order valence-electron chi connectivity index (χ3n) is 3.88. The normalized spacial score (nSPS) is 11.4. The van der Waals surface area contributed by atoms with E-state index in [2.05, 4.69) is 6.92 Å². The molecule has 0 aromatic heterocycles. The van der Waals surface area contributed by atoms with Crippen LogP contribution >= 0.6 is 0 Å². The van der Waals surface area contributed by atoms with Gasteiger partial charge < -0.3 is 9.84 Å². The summed E-state index contributed by atoms with van der Waals surface area (Å²) in [4.78, 5) is 11.8. The highest BCUT2D eigenvalue weighted by atomic mass is 16.5. The summed E-state index contributed by atoms with van der Waals surface area (Å²) in [6, 6.07) is 13.3. The average Bonchev–Trinajstić information content (AvgIpc) is 2.54. The third kappa shape index (κ3) is 4.48. The number of carbonyl (C=O) groups is 1. The second-order valence-corrected chi connectivity index (χ2v) is 5.92. The van der Waals surface area contributed by atoms with Crippen molar-refractivity contribution in [1.29, 1.82) is 0 Å². The molecule has 24 heavy (non-hydrogen) atoms. The Labute approximate surface area is 143 Å². The molecule has 0 unspecified atom stereocenters. The first-order valence-corrected chi connectivity index (χ1v) is 8.27. The molecule has 2 aromatic rings. The lowest BCUT2D eigenvalue weighted by Crippen LogP contribution is -2.03. The summed E-state index contributed by atoms with van der Waals surface area (Å²) in [5, 5.41) is 9.68. The van der Waals surface area contributed by atoms with Crippen LogP contribution in [-0.2, 0) is 4.79 Å². The Morgan fingerprint density at radius 2 is 1.92 bits per heavy atom. The molecule has 2 aromatic carbocycles. The SMILES string of the molecule is CCCCOc1ccccc1/C=C(\C(=O)O)c1ccc(C)cc1C. The van der Waals surface area contributed by atoms with Crippen molar-refractivity contribution in [3.8, 4) is 5.75 Å². The standard InChI is InChI=1S/C21H24O3/c1-4-5-12-24-20-9-7-6-8-17(20)14-19(21(22)23)18-11-10-15(2)13-16(18)3/h6-11,13-14H,4-5,12H2,1-3H3,(H,22,23)/b19-14-. The van der Waals surface area contributed by atoms with Gasteiger partial charge in [0.05, 0.1) is 12.2 Å². The third-order valence-corrected chi connectivity index (χ3v) is 3.88. The lowest BCUT2D eigenvalue weighted by atomic mass is 9.97. The summed E-state index contributed by atoms with van der Waals surface area (Å²) >= 11 is 0. The molecule has 0 aliphatic carbocycles. The van der Waals surface area contributed by atoms with Crippen molar-refractivity contribution in [2.45, 2.75) is 33.6 Å². The molecule has 0 bridgehead atoms. The number of carboxylic acids is 1.